The summed E-state index contributed by atoms with van der Waals surface area (Å²) in [5.41, 5.74) is 0.206. The van der Waals surface area contributed by atoms with Gasteiger partial charge in [-0.1, -0.05) is 6.92 Å². The highest BCUT2D eigenvalue weighted by atomic mass is 16.5. The van der Waals surface area contributed by atoms with Gasteiger partial charge >= 0.3 is 0 Å². The van der Waals surface area contributed by atoms with E-state index in [0.29, 0.717) is 12.3 Å². The quantitative estimate of drug-likeness (QED) is 0.754. The van der Waals surface area contributed by atoms with E-state index >= 15 is 0 Å². The average Bonchev–Trinajstić information content (AvgIpc) is 2.35. The zero-order valence-electron chi connectivity index (χ0n) is 9.54. The van der Waals surface area contributed by atoms with E-state index in [9.17, 15) is 10.2 Å². The van der Waals surface area contributed by atoms with E-state index in [4.69, 9.17) is 9.47 Å². The van der Waals surface area contributed by atoms with Gasteiger partial charge in [-0.3, -0.25) is 0 Å². The van der Waals surface area contributed by atoms with Crippen LogP contribution in [-0.2, 0) is 0 Å². The molecule has 2 N–H and O–H groups in total. The van der Waals surface area contributed by atoms with Gasteiger partial charge in [0.15, 0.2) is 0 Å². The SMILES string of the molecule is CCC(O)C(O)c1ncc(OC)nc1OC. The molecule has 6 heteroatoms. The Labute approximate surface area is 93.9 Å². The molecule has 0 fully saturated rings. The molecule has 1 aromatic heterocycles. The number of aromatic nitrogens is 2. The maximum Gasteiger partial charge on any atom is 0.241 e. The number of rotatable bonds is 5. The van der Waals surface area contributed by atoms with Gasteiger partial charge in [0.25, 0.3) is 0 Å². The van der Waals surface area contributed by atoms with Crippen molar-refractivity contribution in [2.24, 2.45) is 0 Å². The fraction of sp³-hybridized carbons (Fsp3) is 0.600. The highest BCUT2D eigenvalue weighted by molar-refractivity contribution is 5.25. The highest BCUT2D eigenvalue weighted by Gasteiger charge is 2.23. The number of aliphatic hydroxyl groups excluding tert-OH is 2. The maximum absolute atomic E-state index is 9.79. The fourth-order valence-corrected chi connectivity index (χ4v) is 1.22. The normalized spacial score (nSPS) is 14.3. The number of nitrogens with zero attached hydrogens (tertiary/aromatic N) is 2. The Morgan fingerprint density at radius 1 is 1.31 bits per heavy atom. The topological polar surface area (TPSA) is 84.7 Å². The second-order valence-corrected chi connectivity index (χ2v) is 3.23. The van der Waals surface area contributed by atoms with Crippen LogP contribution in [0.2, 0.25) is 0 Å². The summed E-state index contributed by atoms with van der Waals surface area (Å²) in [5.74, 6) is 0.443. The van der Waals surface area contributed by atoms with Crippen LogP contribution in [-0.4, -0.2) is 40.5 Å². The lowest BCUT2D eigenvalue weighted by molar-refractivity contribution is 0.0120. The molecule has 0 spiro atoms. The Hall–Kier alpha value is -1.40. The van der Waals surface area contributed by atoms with Gasteiger partial charge in [-0.2, -0.15) is 4.98 Å². The molecule has 1 heterocycles. The first-order valence-electron chi connectivity index (χ1n) is 4.95. The van der Waals surface area contributed by atoms with E-state index in [0.717, 1.165) is 0 Å². The minimum absolute atomic E-state index is 0.152. The van der Waals surface area contributed by atoms with E-state index in [1.807, 2.05) is 0 Å². The van der Waals surface area contributed by atoms with Crippen LogP contribution in [0.3, 0.4) is 0 Å². The second-order valence-electron chi connectivity index (χ2n) is 3.23. The molecule has 0 bridgehead atoms. The molecule has 16 heavy (non-hydrogen) atoms. The third-order valence-corrected chi connectivity index (χ3v) is 2.21. The van der Waals surface area contributed by atoms with Gasteiger partial charge < -0.3 is 19.7 Å². The summed E-state index contributed by atoms with van der Waals surface area (Å²) < 4.78 is 9.86. The van der Waals surface area contributed by atoms with E-state index in [2.05, 4.69) is 9.97 Å². The van der Waals surface area contributed by atoms with E-state index in [-0.39, 0.29) is 11.6 Å². The smallest absolute Gasteiger partial charge is 0.241 e. The predicted octanol–water partition coefficient (Wildman–Crippen LogP) is 0.298. The van der Waals surface area contributed by atoms with Crippen LogP contribution in [0.25, 0.3) is 0 Å². The highest BCUT2D eigenvalue weighted by Crippen LogP contribution is 2.26. The zero-order chi connectivity index (χ0) is 12.1. The molecule has 0 aliphatic heterocycles. The van der Waals surface area contributed by atoms with Crippen molar-refractivity contribution in [2.75, 3.05) is 14.2 Å². The molecule has 0 saturated heterocycles. The zero-order valence-corrected chi connectivity index (χ0v) is 9.54. The molecule has 90 valence electrons. The number of hydrogen-bond donors (Lipinski definition) is 2. The van der Waals surface area contributed by atoms with Gasteiger partial charge in [0.05, 0.1) is 26.5 Å². The van der Waals surface area contributed by atoms with Crippen LogP contribution >= 0.6 is 0 Å². The van der Waals surface area contributed by atoms with Crippen LogP contribution in [0.15, 0.2) is 6.20 Å². The van der Waals surface area contributed by atoms with Gasteiger partial charge in [-0.05, 0) is 6.42 Å². The van der Waals surface area contributed by atoms with Crippen molar-refractivity contribution in [1.82, 2.24) is 9.97 Å². The summed E-state index contributed by atoms with van der Waals surface area (Å²) in [4.78, 5) is 7.94. The molecule has 2 unspecified atom stereocenters. The molecule has 1 aromatic rings. The van der Waals surface area contributed by atoms with Crippen molar-refractivity contribution in [1.29, 1.82) is 0 Å². The van der Waals surface area contributed by atoms with Crippen molar-refractivity contribution in [3.63, 3.8) is 0 Å². The Morgan fingerprint density at radius 2 is 2.00 bits per heavy atom. The average molecular weight is 228 g/mol. The lowest BCUT2D eigenvalue weighted by Crippen LogP contribution is -2.19. The minimum Gasteiger partial charge on any atom is -0.480 e. The van der Waals surface area contributed by atoms with E-state index in [1.165, 1.54) is 20.4 Å². The van der Waals surface area contributed by atoms with Crippen LogP contribution in [0.1, 0.15) is 25.1 Å². The fourth-order valence-electron chi connectivity index (χ4n) is 1.22. The molecule has 0 aromatic carbocycles. The van der Waals surface area contributed by atoms with Crippen molar-refractivity contribution in [2.45, 2.75) is 25.6 Å². The first kappa shape index (κ1) is 12.7. The summed E-state index contributed by atoms with van der Waals surface area (Å²) >= 11 is 0. The summed E-state index contributed by atoms with van der Waals surface area (Å²) in [6.07, 6.45) is -0.225. The molecule has 0 saturated carbocycles. The molecule has 0 amide bonds. The molecule has 2 atom stereocenters. The van der Waals surface area contributed by atoms with Crippen LogP contribution < -0.4 is 9.47 Å². The van der Waals surface area contributed by atoms with Crippen molar-refractivity contribution < 1.29 is 19.7 Å². The van der Waals surface area contributed by atoms with Gasteiger partial charge in [0, 0.05) is 0 Å². The van der Waals surface area contributed by atoms with Gasteiger partial charge in [-0.15, -0.1) is 0 Å². The number of methoxy groups -OCH3 is 2. The molecule has 0 radical (unpaired) electrons. The summed E-state index contributed by atoms with van der Waals surface area (Å²) in [5, 5.41) is 19.3. The predicted molar refractivity (Wildman–Crippen MR) is 56.4 cm³/mol. The van der Waals surface area contributed by atoms with Gasteiger partial charge in [0.2, 0.25) is 11.8 Å². The number of hydrogen-bond acceptors (Lipinski definition) is 6. The lowest BCUT2D eigenvalue weighted by Gasteiger charge is -2.17. The number of aliphatic hydroxyl groups is 2. The number of ether oxygens (including phenoxy) is 2. The Morgan fingerprint density at radius 3 is 2.50 bits per heavy atom. The third-order valence-electron chi connectivity index (χ3n) is 2.21. The summed E-state index contributed by atoms with van der Waals surface area (Å²) in [6, 6.07) is 0. The maximum atomic E-state index is 9.79. The Kier molecular flexibility index (Phi) is 4.45. The van der Waals surface area contributed by atoms with E-state index < -0.39 is 12.2 Å². The molecular weight excluding hydrogens is 212 g/mol. The first-order chi connectivity index (χ1) is 7.63. The molecule has 6 nitrogen and oxygen atoms in total. The van der Waals surface area contributed by atoms with Gasteiger partial charge in [0.1, 0.15) is 11.8 Å². The molecular formula is C10H16N2O4. The van der Waals surface area contributed by atoms with Crippen LogP contribution in [0.5, 0.6) is 11.8 Å². The third kappa shape index (κ3) is 2.59. The summed E-state index contributed by atoms with van der Waals surface area (Å²) in [6.45, 7) is 1.76. The second kappa shape index (κ2) is 5.62. The monoisotopic (exact) mass is 228 g/mol. The largest absolute Gasteiger partial charge is 0.480 e. The van der Waals surface area contributed by atoms with Gasteiger partial charge in [-0.25, -0.2) is 4.98 Å². The standard InChI is InChI=1S/C10H16N2O4/c1-4-6(13)9(14)8-10(16-3)12-7(15-2)5-11-8/h5-6,9,13-14H,4H2,1-3H3. The van der Waals surface area contributed by atoms with Crippen molar-refractivity contribution in [3.05, 3.63) is 11.9 Å². The lowest BCUT2D eigenvalue weighted by atomic mass is 10.1. The van der Waals surface area contributed by atoms with Crippen molar-refractivity contribution in [3.8, 4) is 11.8 Å². The first-order valence-corrected chi connectivity index (χ1v) is 4.95. The van der Waals surface area contributed by atoms with Crippen molar-refractivity contribution >= 4 is 0 Å². The van der Waals surface area contributed by atoms with Crippen LogP contribution in [0.4, 0.5) is 0 Å². The Balaban J connectivity index is 3.03. The Bertz CT molecular complexity index is 346. The molecule has 0 aliphatic carbocycles. The van der Waals surface area contributed by atoms with E-state index in [1.54, 1.807) is 6.92 Å². The minimum atomic E-state index is -1.11. The van der Waals surface area contributed by atoms with Crippen LogP contribution in [0, 0.1) is 0 Å². The molecule has 0 aliphatic rings. The summed E-state index contributed by atoms with van der Waals surface area (Å²) in [7, 11) is 2.87. The molecule has 1 rings (SSSR count).